The molecule has 3 nitrogen and oxygen atoms in total. The van der Waals surface area contributed by atoms with Gasteiger partial charge in [-0.1, -0.05) is 29.3 Å². The summed E-state index contributed by atoms with van der Waals surface area (Å²) in [7, 11) is 0. The van der Waals surface area contributed by atoms with Gasteiger partial charge in [0, 0.05) is 12.3 Å². The summed E-state index contributed by atoms with van der Waals surface area (Å²) in [5.41, 5.74) is 0. The minimum absolute atomic E-state index is 0.354. The molecular weight excluding hydrogens is 235 g/mol. The molecule has 0 aliphatic heterocycles. The highest BCUT2D eigenvalue weighted by molar-refractivity contribution is 6.37. The molecule has 0 radical (unpaired) electrons. The van der Waals surface area contributed by atoms with Crippen molar-refractivity contribution in [3.63, 3.8) is 0 Å². The normalized spacial score (nSPS) is 10.0. The average molecular weight is 241 g/mol. The van der Waals surface area contributed by atoms with Crippen LogP contribution in [0.25, 0.3) is 0 Å². The van der Waals surface area contributed by atoms with Crippen molar-refractivity contribution < 1.29 is 4.74 Å². The van der Waals surface area contributed by atoms with E-state index >= 15 is 0 Å². The molecule has 0 fully saturated rings. The van der Waals surface area contributed by atoms with Crippen LogP contribution in [0.5, 0.6) is 11.6 Å². The van der Waals surface area contributed by atoms with E-state index in [1.807, 2.05) is 0 Å². The molecule has 0 atom stereocenters. The summed E-state index contributed by atoms with van der Waals surface area (Å²) in [6, 6.07) is 8.52. The summed E-state index contributed by atoms with van der Waals surface area (Å²) < 4.78 is 5.40. The largest absolute Gasteiger partial charge is 0.434 e. The highest BCUT2D eigenvalue weighted by Gasteiger charge is 2.08. The Hall–Kier alpha value is -1.32. The van der Waals surface area contributed by atoms with Gasteiger partial charge >= 0.3 is 0 Å². The zero-order valence-electron chi connectivity index (χ0n) is 7.52. The molecule has 1 aromatic heterocycles. The lowest BCUT2D eigenvalue weighted by atomic mass is 10.3. The number of halogens is 2. The Balaban J connectivity index is 2.32. The Labute approximate surface area is 96.6 Å². The Bertz CT molecular complexity index is 442. The fourth-order valence-electron chi connectivity index (χ4n) is 1.03. The van der Waals surface area contributed by atoms with Gasteiger partial charge < -0.3 is 4.74 Å². The predicted molar refractivity (Wildman–Crippen MR) is 58.6 cm³/mol. The van der Waals surface area contributed by atoms with Crippen LogP contribution in [-0.2, 0) is 0 Å². The molecule has 76 valence electrons. The van der Waals surface area contributed by atoms with Gasteiger partial charge in [-0.05, 0) is 18.2 Å². The molecule has 2 aromatic rings. The number of aromatic nitrogens is 2. The average Bonchev–Trinajstić information content (AvgIpc) is 2.25. The second kappa shape index (κ2) is 4.47. The number of para-hydroxylation sites is 1. The van der Waals surface area contributed by atoms with Gasteiger partial charge in [-0.25, -0.2) is 0 Å². The van der Waals surface area contributed by atoms with Gasteiger partial charge in [0.1, 0.15) is 0 Å². The molecular formula is C10H6Cl2N2O. The van der Waals surface area contributed by atoms with Gasteiger partial charge in [-0.3, -0.25) is 0 Å². The predicted octanol–water partition coefficient (Wildman–Crippen LogP) is 3.58. The fraction of sp³-hybridized carbons (Fsp3) is 0. The lowest BCUT2D eigenvalue weighted by molar-refractivity contribution is 0.455. The number of hydrogen-bond donors (Lipinski definition) is 0. The lowest BCUT2D eigenvalue weighted by Gasteiger charge is -2.06. The zero-order chi connectivity index (χ0) is 10.7. The summed E-state index contributed by atoms with van der Waals surface area (Å²) >= 11 is 11.8. The van der Waals surface area contributed by atoms with Crippen LogP contribution in [0.15, 0.2) is 36.5 Å². The number of nitrogens with zero attached hydrogens (tertiary/aromatic N) is 2. The Morgan fingerprint density at radius 3 is 2.33 bits per heavy atom. The van der Waals surface area contributed by atoms with E-state index in [9.17, 15) is 0 Å². The molecule has 5 heteroatoms. The molecule has 0 saturated carbocycles. The van der Waals surface area contributed by atoms with Crippen molar-refractivity contribution >= 4 is 23.2 Å². The van der Waals surface area contributed by atoms with Crippen molar-refractivity contribution in [2.45, 2.75) is 0 Å². The zero-order valence-corrected chi connectivity index (χ0v) is 9.03. The molecule has 15 heavy (non-hydrogen) atoms. The van der Waals surface area contributed by atoms with Crippen LogP contribution in [0.3, 0.4) is 0 Å². The van der Waals surface area contributed by atoms with Gasteiger partial charge in [-0.2, -0.15) is 5.10 Å². The van der Waals surface area contributed by atoms with Crippen LogP contribution in [-0.4, -0.2) is 10.2 Å². The molecule has 0 aliphatic carbocycles. The molecule has 0 spiro atoms. The molecule has 0 N–H and O–H groups in total. The van der Waals surface area contributed by atoms with E-state index in [2.05, 4.69) is 10.2 Å². The summed E-state index contributed by atoms with van der Waals surface area (Å²) in [6.45, 7) is 0. The van der Waals surface area contributed by atoms with E-state index in [0.717, 1.165) is 0 Å². The first-order valence-corrected chi connectivity index (χ1v) is 4.92. The van der Waals surface area contributed by atoms with Crippen molar-refractivity contribution in [2.24, 2.45) is 0 Å². The molecule has 1 aromatic carbocycles. The molecule has 0 aliphatic rings. The Morgan fingerprint density at radius 2 is 1.73 bits per heavy atom. The van der Waals surface area contributed by atoms with E-state index in [0.29, 0.717) is 21.7 Å². The maximum Gasteiger partial charge on any atom is 0.238 e. The molecule has 2 rings (SSSR count). The van der Waals surface area contributed by atoms with Crippen molar-refractivity contribution in [2.75, 3.05) is 0 Å². The van der Waals surface area contributed by atoms with E-state index in [1.54, 1.807) is 36.5 Å². The standard InChI is InChI=1S/C10H6Cl2N2O/c11-7-3-1-4-8(12)10(7)15-9-5-2-6-13-14-9/h1-6H. The third-order valence-corrected chi connectivity index (χ3v) is 2.27. The topological polar surface area (TPSA) is 35.0 Å². The Morgan fingerprint density at radius 1 is 1.00 bits per heavy atom. The first-order valence-electron chi connectivity index (χ1n) is 4.17. The molecule has 1 heterocycles. The van der Waals surface area contributed by atoms with Crippen LogP contribution >= 0.6 is 23.2 Å². The van der Waals surface area contributed by atoms with E-state index in [-0.39, 0.29) is 0 Å². The number of ether oxygens (including phenoxy) is 1. The highest BCUT2D eigenvalue weighted by Crippen LogP contribution is 2.34. The second-order valence-corrected chi connectivity index (χ2v) is 3.53. The van der Waals surface area contributed by atoms with Crippen LogP contribution in [0.2, 0.25) is 10.0 Å². The summed E-state index contributed by atoms with van der Waals surface area (Å²) in [6.07, 6.45) is 1.56. The van der Waals surface area contributed by atoms with Gasteiger partial charge in [0.25, 0.3) is 0 Å². The van der Waals surface area contributed by atoms with Gasteiger partial charge in [0.2, 0.25) is 5.88 Å². The van der Waals surface area contributed by atoms with Crippen molar-refractivity contribution in [1.82, 2.24) is 10.2 Å². The smallest absolute Gasteiger partial charge is 0.238 e. The third kappa shape index (κ3) is 2.37. The maximum atomic E-state index is 5.92. The first-order chi connectivity index (χ1) is 7.27. The van der Waals surface area contributed by atoms with E-state index in [1.165, 1.54) is 0 Å². The van der Waals surface area contributed by atoms with Crippen molar-refractivity contribution in [1.29, 1.82) is 0 Å². The molecule has 0 unspecified atom stereocenters. The number of hydrogen-bond acceptors (Lipinski definition) is 3. The lowest BCUT2D eigenvalue weighted by Crippen LogP contribution is -1.90. The van der Waals surface area contributed by atoms with Crippen molar-refractivity contribution in [3.05, 3.63) is 46.6 Å². The Kier molecular flexibility index (Phi) is 3.04. The van der Waals surface area contributed by atoms with Gasteiger partial charge in [-0.15, -0.1) is 5.10 Å². The minimum Gasteiger partial charge on any atom is -0.434 e. The SMILES string of the molecule is Clc1cccc(Cl)c1Oc1cccnn1. The number of benzene rings is 1. The van der Waals surface area contributed by atoms with Crippen LogP contribution in [0.1, 0.15) is 0 Å². The van der Waals surface area contributed by atoms with Gasteiger partial charge in [0.05, 0.1) is 10.0 Å². The van der Waals surface area contributed by atoms with E-state index < -0.39 is 0 Å². The van der Waals surface area contributed by atoms with Crippen molar-refractivity contribution in [3.8, 4) is 11.6 Å². The summed E-state index contributed by atoms with van der Waals surface area (Å²) in [5, 5.41) is 8.32. The number of rotatable bonds is 2. The third-order valence-electron chi connectivity index (χ3n) is 1.67. The first kappa shape index (κ1) is 10.2. The minimum atomic E-state index is 0.354. The van der Waals surface area contributed by atoms with E-state index in [4.69, 9.17) is 27.9 Å². The second-order valence-electron chi connectivity index (χ2n) is 2.71. The monoisotopic (exact) mass is 240 g/mol. The van der Waals surface area contributed by atoms with Crippen LogP contribution in [0, 0.1) is 0 Å². The molecule has 0 amide bonds. The molecule has 0 saturated heterocycles. The van der Waals surface area contributed by atoms with Crippen LogP contribution in [0.4, 0.5) is 0 Å². The summed E-state index contributed by atoms with van der Waals surface area (Å²) in [5.74, 6) is 0.744. The van der Waals surface area contributed by atoms with Crippen LogP contribution < -0.4 is 4.74 Å². The highest BCUT2D eigenvalue weighted by atomic mass is 35.5. The quantitative estimate of drug-likeness (QED) is 0.805. The maximum absolute atomic E-state index is 5.92. The van der Waals surface area contributed by atoms with Gasteiger partial charge in [0.15, 0.2) is 5.75 Å². The summed E-state index contributed by atoms with van der Waals surface area (Å²) in [4.78, 5) is 0. The molecule has 0 bridgehead atoms. The fourth-order valence-corrected chi connectivity index (χ4v) is 1.50.